The van der Waals surface area contributed by atoms with Gasteiger partial charge in [0.2, 0.25) is 5.91 Å². The second-order valence-electron chi connectivity index (χ2n) is 4.77. The van der Waals surface area contributed by atoms with Crippen LogP contribution in [0.25, 0.3) is 0 Å². The monoisotopic (exact) mass is 196 g/mol. The van der Waals surface area contributed by atoms with Gasteiger partial charge in [0.25, 0.3) is 0 Å². The van der Waals surface area contributed by atoms with E-state index in [1.807, 2.05) is 4.90 Å². The van der Waals surface area contributed by atoms with Crippen LogP contribution in [0.2, 0.25) is 0 Å². The van der Waals surface area contributed by atoms with Crippen molar-refractivity contribution < 1.29 is 4.79 Å². The summed E-state index contributed by atoms with van der Waals surface area (Å²) in [4.78, 5) is 14.1. The molecule has 3 heteroatoms. The number of nitrogens with one attached hydrogen (secondary N) is 1. The lowest BCUT2D eigenvalue weighted by molar-refractivity contribution is -0.136. The van der Waals surface area contributed by atoms with Gasteiger partial charge >= 0.3 is 0 Å². The number of rotatable bonds is 2. The minimum Gasteiger partial charge on any atom is -0.340 e. The first-order valence-corrected chi connectivity index (χ1v) is 5.70. The van der Waals surface area contributed by atoms with Crippen molar-refractivity contribution in [1.82, 2.24) is 10.2 Å². The first kappa shape index (κ1) is 9.97. The minimum atomic E-state index is 0.264. The number of carbonyl (C=O) groups is 1. The van der Waals surface area contributed by atoms with Crippen LogP contribution in [-0.4, -0.2) is 36.5 Å². The van der Waals surface area contributed by atoms with Gasteiger partial charge < -0.3 is 10.2 Å². The van der Waals surface area contributed by atoms with Gasteiger partial charge in [-0.1, -0.05) is 6.92 Å². The van der Waals surface area contributed by atoms with Gasteiger partial charge in [0, 0.05) is 31.6 Å². The summed E-state index contributed by atoms with van der Waals surface area (Å²) >= 11 is 0. The quantitative estimate of drug-likeness (QED) is 0.710. The zero-order valence-electron chi connectivity index (χ0n) is 9.12. The molecule has 80 valence electrons. The fourth-order valence-electron chi connectivity index (χ4n) is 2.22. The van der Waals surface area contributed by atoms with Crippen LogP contribution in [0, 0.1) is 11.8 Å². The van der Waals surface area contributed by atoms with E-state index in [-0.39, 0.29) is 5.92 Å². The van der Waals surface area contributed by atoms with Crippen molar-refractivity contribution in [3.63, 3.8) is 0 Å². The van der Waals surface area contributed by atoms with E-state index in [0.29, 0.717) is 17.9 Å². The number of nitrogens with zero attached hydrogens (tertiary/aromatic N) is 1. The van der Waals surface area contributed by atoms with Crippen molar-refractivity contribution in [3.05, 3.63) is 0 Å². The molecule has 2 atom stereocenters. The summed E-state index contributed by atoms with van der Waals surface area (Å²) in [5.74, 6) is 1.33. The van der Waals surface area contributed by atoms with Crippen molar-refractivity contribution in [1.29, 1.82) is 0 Å². The Bertz CT molecular complexity index is 225. The molecular formula is C11H20N2O. The van der Waals surface area contributed by atoms with Crippen LogP contribution < -0.4 is 5.32 Å². The number of carbonyl (C=O) groups excluding carboxylic acids is 1. The van der Waals surface area contributed by atoms with E-state index in [1.165, 1.54) is 12.8 Å². The maximum Gasteiger partial charge on any atom is 0.225 e. The van der Waals surface area contributed by atoms with Gasteiger partial charge in [-0.25, -0.2) is 0 Å². The second-order valence-corrected chi connectivity index (χ2v) is 4.77. The SMILES string of the molecule is CC1CN(C(=O)C(C)C2CC2)CCN1. The Balaban J connectivity index is 1.89. The van der Waals surface area contributed by atoms with Crippen LogP contribution >= 0.6 is 0 Å². The molecule has 0 spiro atoms. The molecule has 1 saturated carbocycles. The van der Waals surface area contributed by atoms with Gasteiger partial charge in [-0.05, 0) is 25.7 Å². The third kappa shape index (κ3) is 2.08. The zero-order chi connectivity index (χ0) is 10.1. The summed E-state index contributed by atoms with van der Waals surface area (Å²) in [6, 6.07) is 0.458. The van der Waals surface area contributed by atoms with Crippen molar-refractivity contribution in [2.24, 2.45) is 11.8 Å². The maximum absolute atomic E-state index is 12.0. The largest absolute Gasteiger partial charge is 0.340 e. The Hall–Kier alpha value is -0.570. The molecule has 3 nitrogen and oxygen atoms in total. The highest BCUT2D eigenvalue weighted by Gasteiger charge is 2.35. The molecule has 2 fully saturated rings. The Labute approximate surface area is 85.8 Å². The number of hydrogen-bond donors (Lipinski definition) is 1. The topological polar surface area (TPSA) is 32.3 Å². The van der Waals surface area contributed by atoms with Crippen LogP contribution in [0.4, 0.5) is 0 Å². The fraction of sp³-hybridized carbons (Fsp3) is 0.909. The summed E-state index contributed by atoms with van der Waals surface area (Å²) in [6.45, 7) is 6.95. The Morgan fingerprint density at radius 3 is 2.79 bits per heavy atom. The average Bonchev–Trinajstić information content (AvgIpc) is 2.99. The van der Waals surface area contributed by atoms with Gasteiger partial charge in [0.05, 0.1) is 0 Å². The minimum absolute atomic E-state index is 0.264. The standard InChI is InChI=1S/C11H20N2O/c1-8-7-13(6-5-12-8)11(14)9(2)10-3-4-10/h8-10,12H,3-7H2,1-2H3. The molecular weight excluding hydrogens is 176 g/mol. The maximum atomic E-state index is 12.0. The molecule has 1 heterocycles. The lowest BCUT2D eigenvalue weighted by atomic mass is 10.0. The average molecular weight is 196 g/mol. The summed E-state index contributed by atoms with van der Waals surface area (Å²) in [6.07, 6.45) is 2.52. The van der Waals surface area contributed by atoms with Crippen LogP contribution in [0.15, 0.2) is 0 Å². The third-order valence-corrected chi connectivity index (χ3v) is 3.40. The van der Waals surface area contributed by atoms with E-state index in [1.54, 1.807) is 0 Å². The summed E-state index contributed by atoms with van der Waals surface area (Å²) < 4.78 is 0. The van der Waals surface area contributed by atoms with Gasteiger partial charge in [-0.15, -0.1) is 0 Å². The molecule has 0 aromatic carbocycles. The number of piperazine rings is 1. The van der Waals surface area contributed by atoms with E-state index in [9.17, 15) is 4.79 Å². The molecule has 2 rings (SSSR count). The first-order chi connectivity index (χ1) is 6.68. The van der Waals surface area contributed by atoms with Crippen LogP contribution in [0.3, 0.4) is 0 Å². The zero-order valence-corrected chi connectivity index (χ0v) is 9.12. The summed E-state index contributed by atoms with van der Waals surface area (Å²) in [7, 11) is 0. The molecule has 1 saturated heterocycles. The number of amides is 1. The van der Waals surface area contributed by atoms with E-state index in [2.05, 4.69) is 19.2 Å². The first-order valence-electron chi connectivity index (χ1n) is 5.70. The van der Waals surface area contributed by atoms with E-state index in [4.69, 9.17) is 0 Å². The van der Waals surface area contributed by atoms with E-state index >= 15 is 0 Å². The third-order valence-electron chi connectivity index (χ3n) is 3.40. The van der Waals surface area contributed by atoms with Gasteiger partial charge in [-0.3, -0.25) is 4.79 Å². The molecule has 1 aliphatic carbocycles. The fourth-order valence-corrected chi connectivity index (χ4v) is 2.22. The second kappa shape index (κ2) is 3.89. The van der Waals surface area contributed by atoms with Gasteiger partial charge in [-0.2, -0.15) is 0 Å². The van der Waals surface area contributed by atoms with Gasteiger partial charge in [0.15, 0.2) is 0 Å². The molecule has 0 bridgehead atoms. The molecule has 2 unspecified atom stereocenters. The molecule has 1 N–H and O–H groups in total. The predicted octanol–water partition coefficient (Wildman–Crippen LogP) is 0.853. The molecule has 0 radical (unpaired) electrons. The normalized spacial score (nSPS) is 30.1. The smallest absolute Gasteiger partial charge is 0.225 e. The lowest BCUT2D eigenvalue weighted by Gasteiger charge is -2.33. The highest BCUT2D eigenvalue weighted by atomic mass is 16.2. The lowest BCUT2D eigenvalue weighted by Crippen LogP contribution is -2.52. The Morgan fingerprint density at radius 1 is 1.50 bits per heavy atom. The van der Waals surface area contributed by atoms with E-state index < -0.39 is 0 Å². The van der Waals surface area contributed by atoms with Crippen molar-refractivity contribution in [2.75, 3.05) is 19.6 Å². The highest BCUT2D eigenvalue weighted by molar-refractivity contribution is 5.79. The van der Waals surface area contributed by atoms with Crippen LogP contribution in [0.1, 0.15) is 26.7 Å². The molecule has 1 amide bonds. The Morgan fingerprint density at radius 2 is 2.21 bits per heavy atom. The van der Waals surface area contributed by atoms with E-state index in [0.717, 1.165) is 19.6 Å². The predicted molar refractivity (Wildman–Crippen MR) is 55.9 cm³/mol. The van der Waals surface area contributed by atoms with Crippen LogP contribution in [-0.2, 0) is 4.79 Å². The molecule has 2 aliphatic rings. The summed E-state index contributed by atoms with van der Waals surface area (Å²) in [5.41, 5.74) is 0. The molecule has 0 aromatic rings. The van der Waals surface area contributed by atoms with Crippen LogP contribution in [0.5, 0.6) is 0 Å². The molecule has 14 heavy (non-hydrogen) atoms. The summed E-state index contributed by atoms with van der Waals surface area (Å²) in [5, 5.41) is 3.36. The Kier molecular flexibility index (Phi) is 2.77. The van der Waals surface area contributed by atoms with Crippen molar-refractivity contribution in [3.8, 4) is 0 Å². The molecule has 0 aromatic heterocycles. The highest BCUT2D eigenvalue weighted by Crippen LogP contribution is 2.37. The molecule has 1 aliphatic heterocycles. The van der Waals surface area contributed by atoms with Crippen molar-refractivity contribution in [2.45, 2.75) is 32.7 Å². The van der Waals surface area contributed by atoms with Gasteiger partial charge in [0.1, 0.15) is 0 Å². The van der Waals surface area contributed by atoms with Crippen molar-refractivity contribution >= 4 is 5.91 Å². The number of hydrogen-bond acceptors (Lipinski definition) is 2.